The average Bonchev–Trinajstić information content (AvgIpc) is 3.06. The first kappa shape index (κ1) is 21.5. The number of carbonyl (C=O) groups excluding carboxylic acids is 1. The second-order valence-corrected chi connectivity index (χ2v) is 8.06. The number of aromatic nitrogens is 3. The zero-order valence-electron chi connectivity index (χ0n) is 15.9. The van der Waals surface area contributed by atoms with Crippen LogP contribution in [0.25, 0.3) is 11.4 Å². The summed E-state index contributed by atoms with van der Waals surface area (Å²) < 4.78 is 2.11. The van der Waals surface area contributed by atoms with Crippen LogP contribution >= 0.6 is 23.4 Å². The maximum absolute atomic E-state index is 12.2. The highest BCUT2D eigenvalue weighted by atomic mass is 35.5. The lowest BCUT2D eigenvalue weighted by Crippen LogP contribution is -2.31. The van der Waals surface area contributed by atoms with E-state index in [1.165, 1.54) is 24.6 Å². The molecule has 0 spiro atoms. The molecule has 1 amide bonds. The van der Waals surface area contributed by atoms with Gasteiger partial charge >= 0.3 is 0 Å². The number of unbranched alkanes of at least 4 members (excludes halogenated alkanes) is 3. The molecule has 1 heterocycles. The Hall–Kier alpha value is -1.79. The molecule has 0 aliphatic heterocycles. The first-order valence-corrected chi connectivity index (χ1v) is 10.6. The fourth-order valence-electron chi connectivity index (χ4n) is 2.61. The Morgan fingerprint density at radius 1 is 1.30 bits per heavy atom. The van der Waals surface area contributed by atoms with Crippen LogP contribution in [0, 0.1) is 0 Å². The number of carbonyl (C=O) groups is 1. The van der Waals surface area contributed by atoms with Crippen LogP contribution in [0.4, 0.5) is 0 Å². The zero-order valence-corrected chi connectivity index (χ0v) is 17.5. The average molecular weight is 407 g/mol. The van der Waals surface area contributed by atoms with Crippen molar-refractivity contribution in [2.45, 2.75) is 56.5 Å². The van der Waals surface area contributed by atoms with Crippen molar-refractivity contribution >= 4 is 29.3 Å². The van der Waals surface area contributed by atoms with Crippen molar-refractivity contribution in [1.29, 1.82) is 0 Å². The van der Waals surface area contributed by atoms with Gasteiger partial charge in [0, 0.05) is 23.7 Å². The molecule has 0 aliphatic rings. The lowest BCUT2D eigenvalue weighted by Gasteiger charge is -2.13. The molecular formula is C20H27ClN4OS. The molecule has 0 bridgehead atoms. The molecule has 1 unspecified atom stereocenters. The van der Waals surface area contributed by atoms with Gasteiger partial charge in [0.15, 0.2) is 11.0 Å². The van der Waals surface area contributed by atoms with Crippen molar-refractivity contribution in [3.8, 4) is 11.4 Å². The number of thioether (sulfide) groups is 1. The van der Waals surface area contributed by atoms with Crippen molar-refractivity contribution in [2.24, 2.45) is 0 Å². The van der Waals surface area contributed by atoms with Crippen molar-refractivity contribution in [3.05, 3.63) is 41.9 Å². The summed E-state index contributed by atoms with van der Waals surface area (Å²) in [7, 11) is 0. The van der Waals surface area contributed by atoms with Crippen LogP contribution in [-0.2, 0) is 11.3 Å². The molecule has 1 atom stereocenters. The van der Waals surface area contributed by atoms with Crippen LogP contribution in [0.2, 0.25) is 5.02 Å². The van der Waals surface area contributed by atoms with E-state index in [-0.39, 0.29) is 11.2 Å². The van der Waals surface area contributed by atoms with Crippen LogP contribution in [0.3, 0.4) is 0 Å². The van der Waals surface area contributed by atoms with Crippen LogP contribution in [0.15, 0.2) is 42.1 Å². The minimum atomic E-state index is -0.262. The van der Waals surface area contributed by atoms with E-state index in [0.29, 0.717) is 11.6 Å². The first-order valence-electron chi connectivity index (χ1n) is 9.31. The largest absolute Gasteiger partial charge is 0.352 e. The van der Waals surface area contributed by atoms with Gasteiger partial charge in [0.05, 0.1) is 5.25 Å². The number of nitrogens with one attached hydrogen (secondary N) is 1. The SMILES string of the molecule is C=CCNC(=O)C(C)Sc1nnc(-c2ccc(Cl)cc2)n1CCCCCC. The minimum absolute atomic E-state index is 0.0338. The third-order valence-corrected chi connectivity index (χ3v) is 5.46. The van der Waals surface area contributed by atoms with E-state index in [1.54, 1.807) is 6.08 Å². The standard InChI is InChI=1S/C20H27ClN4OS/c1-4-6-7-8-14-25-18(16-9-11-17(21)12-10-16)23-24-20(25)27-15(3)19(26)22-13-5-2/h5,9-12,15H,2,4,6-8,13-14H2,1,3H3,(H,22,26). The van der Waals surface area contributed by atoms with Gasteiger partial charge in [-0.15, -0.1) is 16.8 Å². The summed E-state index contributed by atoms with van der Waals surface area (Å²) in [6, 6.07) is 7.60. The number of hydrogen-bond donors (Lipinski definition) is 1. The maximum Gasteiger partial charge on any atom is 0.233 e. The maximum atomic E-state index is 12.2. The van der Waals surface area contributed by atoms with Gasteiger partial charge in [-0.3, -0.25) is 4.79 Å². The van der Waals surface area contributed by atoms with Crippen LogP contribution in [0.5, 0.6) is 0 Å². The smallest absolute Gasteiger partial charge is 0.233 e. The molecule has 0 aliphatic carbocycles. The predicted octanol–water partition coefficient (Wildman–Crippen LogP) is 4.96. The van der Waals surface area contributed by atoms with Gasteiger partial charge < -0.3 is 9.88 Å². The van der Waals surface area contributed by atoms with Gasteiger partial charge in [0.25, 0.3) is 0 Å². The van der Waals surface area contributed by atoms with Crippen LogP contribution < -0.4 is 5.32 Å². The van der Waals surface area contributed by atoms with Gasteiger partial charge in [-0.2, -0.15) is 0 Å². The van der Waals surface area contributed by atoms with Crippen molar-refractivity contribution in [1.82, 2.24) is 20.1 Å². The molecule has 1 aromatic heterocycles. The summed E-state index contributed by atoms with van der Waals surface area (Å²) in [4.78, 5) is 12.2. The van der Waals surface area contributed by atoms with E-state index >= 15 is 0 Å². The Morgan fingerprint density at radius 3 is 2.70 bits per heavy atom. The van der Waals surface area contributed by atoms with Crippen molar-refractivity contribution in [2.75, 3.05) is 6.54 Å². The monoisotopic (exact) mass is 406 g/mol. The molecule has 146 valence electrons. The van der Waals surface area contributed by atoms with Crippen molar-refractivity contribution < 1.29 is 4.79 Å². The zero-order chi connectivity index (χ0) is 19.6. The molecule has 0 saturated carbocycles. The summed E-state index contributed by atoms with van der Waals surface area (Å²) in [5.74, 6) is 0.776. The Kier molecular flexibility index (Phi) is 8.88. The van der Waals surface area contributed by atoms with Gasteiger partial charge in [0.1, 0.15) is 0 Å². The fraction of sp³-hybridized carbons (Fsp3) is 0.450. The highest BCUT2D eigenvalue weighted by molar-refractivity contribution is 8.00. The number of hydrogen-bond acceptors (Lipinski definition) is 4. The molecule has 7 heteroatoms. The van der Waals surface area contributed by atoms with E-state index in [2.05, 4.69) is 33.6 Å². The Bertz CT molecular complexity index is 745. The highest BCUT2D eigenvalue weighted by Crippen LogP contribution is 2.28. The third kappa shape index (κ3) is 6.40. The number of benzene rings is 1. The summed E-state index contributed by atoms with van der Waals surface area (Å²) in [6.07, 6.45) is 6.28. The summed E-state index contributed by atoms with van der Waals surface area (Å²) in [5.41, 5.74) is 0.970. The topological polar surface area (TPSA) is 59.8 Å². The molecule has 0 saturated heterocycles. The molecule has 0 radical (unpaired) electrons. The van der Waals surface area contributed by atoms with Gasteiger partial charge in [-0.05, 0) is 37.6 Å². The van der Waals surface area contributed by atoms with E-state index < -0.39 is 0 Å². The van der Waals surface area contributed by atoms with Gasteiger partial charge in [-0.1, -0.05) is 55.6 Å². The van der Waals surface area contributed by atoms with Crippen molar-refractivity contribution in [3.63, 3.8) is 0 Å². The summed E-state index contributed by atoms with van der Waals surface area (Å²) in [6.45, 7) is 8.99. The Morgan fingerprint density at radius 2 is 2.04 bits per heavy atom. The Labute approximate surface area is 170 Å². The Balaban J connectivity index is 2.20. The normalized spacial score (nSPS) is 12.0. The molecular weight excluding hydrogens is 380 g/mol. The van der Waals surface area contributed by atoms with E-state index in [4.69, 9.17) is 11.6 Å². The lowest BCUT2D eigenvalue weighted by atomic mass is 10.2. The number of nitrogens with zero attached hydrogens (tertiary/aromatic N) is 3. The first-order chi connectivity index (χ1) is 13.1. The molecule has 0 fully saturated rings. The van der Waals surface area contributed by atoms with Gasteiger partial charge in [0.2, 0.25) is 5.91 Å². The fourth-order valence-corrected chi connectivity index (χ4v) is 3.64. The quantitative estimate of drug-likeness (QED) is 0.325. The minimum Gasteiger partial charge on any atom is -0.352 e. The predicted molar refractivity (Wildman–Crippen MR) is 113 cm³/mol. The second kappa shape index (κ2) is 11.1. The molecule has 2 rings (SSSR count). The number of amides is 1. The van der Waals surface area contributed by atoms with Crippen LogP contribution in [-0.4, -0.2) is 32.5 Å². The van der Waals surface area contributed by atoms with Crippen LogP contribution in [0.1, 0.15) is 39.5 Å². The number of rotatable bonds is 11. The third-order valence-electron chi connectivity index (χ3n) is 4.13. The van der Waals surface area contributed by atoms with E-state index in [0.717, 1.165) is 35.9 Å². The second-order valence-electron chi connectivity index (χ2n) is 6.32. The lowest BCUT2D eigenvalue weighted by molar-refractivity contribution is -0.120. The molecule has 2 aromatic rings. The van der Waals surface area contributed by atoms with E-state index in [1.807, 2.05) is 31.2 Å². The van der Waals surface area contributed by atoms with E-state index in [9.17, 15) is 4.79 Å². The van der Waals surface area contributed by atoms with Gasteiger partial charge in [-0.25, -0.2) is 0 Å². The molecule has 5 nitrogen and oxygen atoms in total. The summed E-state index contributed by atoms with van der Waals surface area (Å²) >= 11 is 7.44. The molecule has 27 heavy (non-hydrogen) atoms. The highest BCUT2D eigenvalue weighted by Gasteiger charge is 2.20. The molecule has 1 aromatic carbocycles. The molecule has 1 N–H and O–H groups in total. The summed E-state index contributed by atoms with van der Waals surface area (Å²) in [5, 5.41) is 12.8. The number of halogens is 1.